The van der Waals surface area contributed by atoms with E-state index in [1.54, 1.807) is 0 Å². The van der Waals surface area contributed by atoms with Crippen LogP contribution in [0.4, 0.5) is 0 Å². The topological polar surface area (TPSA) is 49.2 Å². The van der Waals surface area contributed by atoms with Gasteiger partial charge in [0.25, 0.3) is 0 Å². The number of amidine groups is 1. The fourth-order valence-electron chi connectivity index (χ4n) is 1.45. The van der Waals surface area contributed by atoms with Crippen molar-refractivity contribution in [2.45, 2.75) is 12.5 Å². The summed E-state index contributed by atoms with van der Waals surface area (Å²) in [5.41, 5.74) is -0.398. The maximum absolute atomic E-state index is 5.89. The van der Waals surface area contributed by atoms with Gasteiger partial charge in [-0.2, -0.15) is 0 Å². The van der Waals surface area contributed by atoms with Crippen molar-refractivity contribution in [1.29, 1.82) is 0 Å². The zero-order chi connectivity index (χ0) is 9.97. The minimum atomic E-state index is -0.398. The Kier molecular flexibility index (Phi) is 2.88. The third kappa shape index (κ3) is 2.16. The molecule has 1 saturated heterocycles. The Morgan fingerprint density at radius 3 is 2.86 bits per heavy atom. The van der Waals surface area contributed by atoms with E-state index in [1.165, 1.54) is 0 Å². The summed E-state index contributed by atoms with van der Waals surface area (Å²) in [6.07, 6.45) is 0. The van der Waals surface area contributed by atoms with Gasteiger partial charge < -0.3 is 15.0 Å². The second kappa shape index (κ2) is 4.14. The first-order valence-corrected chi connectivity index (χ1v) is 5.06. The summed E-state index contributed by atoms with van der Waals surface area (Å²) in [5.74, 6) is 1.52. The van der Waals surface area contributed by atoms with Crippen LogP contribution in [0.25, 0.3) is 0 Å². The van der Waals surface area contributed by atoms with Crippen molar-refractivity contribution in [2.75, 3.05) is 26.3 Å². The normalized spacial score (nSPS) is 27.9. The Bertz CT molecular complexity index is 273. The third-order valence-corrected chi connectivity index (χ3v) is 2.33. The summed E-state index contributed by atoms with van der Waals surface area (Å²) in [6, 6.07) is 0. The number of ether oxygens (including phenoxy) is 1. The van der Waals surface area contributed by atoms with Crippen LogP contribution in [0, 0.1) is 0 Å². The van der Waals surface area contributed by atoms with E-state index in [9.17, 15) is 0 Å². The van der Waals surface area contributed by atoms with Crippen molar-refractivity contribution < 1.29 is 4.74 Å². The number of alkyl halides is 1. The summed E-state index contributed by atoms with van der Waals surface area (Å²) in [5, 5.41) is 3.01. The van der Waals surface area contributed by atoms with Gasteiger partial charge >= 0.3 is 0 Å². The predicted molar refractivity (Wildman–Crippen MR) is 55.7 cm³/mol. The molecule has 0 aromatic heterocycles. The molecular formula is C8H13ClN4O. The molecule has 0 bridgehead atoms. The predicted octanol–water partition coefficient (Wildman–Crippen LogP) is 0.219. The molecule has 0 spiro atoms. The minimum absolute atomic E-state index is 0.398. The number of hydrogen-bond acceptors (Lipinski definition) is 5. The molecule has 2 aliphatic heterocycles. The van der Waals surface area contributed by atoms with Gasteiger partial charge in [-0.15, -0.1) is 0 Å². The zero-order valence-electron chi connectivity index (χ0n) is 8.03. The number of nitrogens with one attached hydrogen (secondary N) is 1. The van der Waals surface area contributed by atoms with E-state index in [2.05, 4.69) is 20.2 Å². The highest BCUT2D eigenvalue weighted by Gasteiger charge is 2.20. The lowest BCUT2D eigenvalue weighted by atomic mass is 10.4. The molecule has 0 aliphatic carbocycles. The van der Waals surface area contributed by atoms with Crippen molar-refractivity contribution in [3.63, 3.8) is 0 Å². The maximum Gasteiger partial charge on any atom is 0.203 e. The largest absolute Gasteiger partial charge is 0.378 e. The summed E-state index contributed by atoms with van der Waals surface area (Å²) in [6.45, 7) is 5.02. The third-order valence-electron chi connectivity index (χ3n) is 2.13. The Hall–Kier alpha value is -0.810. The molecule has 0 radical (unpaired) electrons. The maximum atomic E-state index is 5.89. The van der Waals surface area contributed by atoms with Crippen LogP contribution in [0.15, 0.2) is 9.98 Å². The molecule has 2 rings (SSSR count). The quantitative estimate of drug-likeness (QED) is 0.466. The fraction of sp³-hybridized carbons (Fsp3) is 0.750. The standard InChI is InChI=1S/C8H13ClN4O/c1-6-10-7(9)12-8(11-6)13-2-4-14-5-3-13/h7H,2-5H2,1H3,(H,10,11,12). The summed E-state index contributed by atoms with van der Waals surface area (Å²) < 4.78 is 5.26. The summed E-state index contributed by atoms with van der Waals surface area (Å²) >= 11 is 5.89. The van der Waals surface area contributed by atoms with Crippen molar-refractivity contribution >= 4 is 23.4 Å². The van der Waals surface area contributed by atoms with Gasteiger partial charge in [0.05, 0.1) is 13.2 Å². The van der Waals surface area contributed by atoms with Crippen molar-refractivity contribution in [2.24, 2.45) is 9.98 Å². The lowest BCUT2D eigenvalue weighted by Gasteiger charge is -2.31. The highest BCUT2D eigenvalue weighted by molar-refractivity contribution is 6.22. The van der Waals surface area contributed by atoms with E-state index in [0.29, 0.717) is 5.84 Å². The first-order valence-electron chi connectivity index (χ1n) is 4.62. The van der Waals surface area contributed by atoms with E-state index in [-0.39, 0.29) is 0 Å². The van der Waals surface area contributed by atoms with Crippen molar-refractivity contribution in [3.05, 3.63) is 0 Å². The van der Waals surface area contributed by atoms with E-state index in [0.717, 1.165) is 32.3 Å². The van der Waals surface area contributed by atoms with E-state index in [4.69, 9.17) is 16.3 Å². The van der Waals surface area contributed by atoms with Crippen LogP contribution in [0.3, 0.4) is 0 Å². The minimum Gasteiger partial charge on any atom is -0.378 e. The second-order valence-electron chi connectivity index (χ2n) is 3.19. The second-order valence-corrected chi connectivity index (χ2v) is 3.60. The molecule has 0 aromatic rings. The zero-order valence-corrected chi connectivity index (χ0v) is 8.79. The van der Waals surface area contributed by atoms with Crippen LogP contribution in [0.1, 0.15) is 6.92 Å². The molecule has 6 heteroatoms. The Morgan fingerprint density at radius 2 is 2.21 bits per heavy atom. The number of guanidine groups is 1. The molecule has 1 unspecified atom stereocenters. The number of hydrogen-bond donors (Lipinski definition) is 1. The van der Waals surface area contributed by atoms with E-state index >= 15 is 0 Å². The summed E-state index contributed by atoms with van der Waals surface area (Å²) in [4.78, 5) is 10.5. The van der Waals surface area contributed by atoms with Crippen LogP contribution in [-0.2, 0) is 4.74 Å². The highest BCUT2D eigenvalue weighted by atomic mass is 35.5. The number of halogens is 1. The lowest BCUT2D eigenvalue weighted by molar-refractivity contribution is 0.0664. The smallest absolute Gasteiger partial charge is 0.203 e. The molecule has 0 saturated carbocycles. The van der Waals surface area contributed by atoms with Crippen LogP contribution in [0.5, 0.6) is 0 Å². The SMILES string of the molecule is CC1=NC(Cl)NC(N2CCOCC2)=N1. The van der Waals surface area contributed by atoms with Gasteiger partial charge in [0, 0.05) is 13.1 Å². The molecule has 1 fully saturated rings. The van der Waals surface area contributed by atoms with Gasteiger partial charge in [0.1, 0.15) is 5.84 Å². The monoisotopic (exact) mass is 216 g/mol. The summed E-state index contributed by atoms with van der Waals surface area (Å²) in [7, 11) is 0. The van der Waals surface area contributed by atoms with Gasteiger partial charge in [-0.05, 0) is 6.92 Å². The first kappa shape index (κ1) is 9.73. The molecule has 2 heterocycles. The molecule has 1 N–H and O–H groups in total. The highest BCUT2D eigenvalue weighted by Crippen LogP contribution is 2.05. The van der Waals surface area contributed by atoms with Crippen LogP contribution >= 0.6 is 11.6 Å². The number of nitrogens with zero attached hydrogens (tertiary/aromatic N) is 3. The molecule has 0 amide bonds. The van der Waals surface area contributed by atoms with Gasteiger partial charge in [-0.25, -0.2) is 9.98 Å². The van der Waals surface area contributed by atoms with Gasteiger partial charge in [0.15, 0.2) is 5.62 Å². The van der Waals surface area contributed by atoms with Crippen LogP contribution in [0.2, 0.25) is 0 Å². The van der Waals surface area contributed by atoms with Gasteiger partial charge in [0.2, 0.25) is 5.96 Å². The Morgan fingerprint density at radius 1 is 1.50 bits per heavy atom. The number of rotatable bonds is 0. The Labute approximate surface area is 87.8 Å². The Balaban J connectivity index is 2.06. The first-order chi connectivity index (χ1) is 6.75. The average Bonchev–Trinajstić information content (AvgIpc) is 2.18. The van der Waals surface area contributed by atoms with Crippen LogP contribution < -0.4 is 5.32 Å². The van der Waals surface area contributed by atoms with E-state index < -0.39 is 5.62 Å². The molecule has 5 nitrogen and oxygen atoms in total. The van der Waals surface area contributed by atoms with E-state index in [1.807, 2.05) is 6.92 Å². The molecular weight excluding hydrogens is 204 g/mol. The average molecular weight is 217 g/mol. The van der Waals surface area contributed by atoms with Crippen LogP contribution in [-0.4, -0.2) is 48.6 Å². The molecule has 2 aliphatic rings. The van der Waals surface area contributed by atoms with Crippen molar-refractivity contribution in [3.8, 4) is 0 Å². The fourth-order valence-corrected chi connectivity index (χ4v) is 1.69. The van der Waals surface area contributed by atoms with Gasteiger partial charge in [-0.1, -0.05) is 11.6 Å². The molecule has 14 heavy (non-hydrogen) atoms. The van der Waals surface area contributed by atoms with Crippen molar-refractivity contribution in [1.82, 2.24) is 10.2 Å². The molecule has 0 aromatic carbocycles. The lowest BCUT2D eigenvalue weighted by Crippen LogP contribution is -2.50. The van der Waals surface area contributed by atoms with Gasteiger partial charge in [-0.3, -0.25) is 0 Å². The number of aliphatic imine (C=N–C) groups is 2. The molecule has 78 valence electrons. The molecule has 1 atom stereocenters. The number of morpholine rings is 1.